The van der Waals surface area contributed by atoms with Crippen LogP contribution >= 0.6 is 0 Å². The van der Waals surface area contributed by atoms with Gasteiger partial charge in [0.25, 0.3) is 0 Å². The zero-order valence-electron chi connectivity index (χ0n) is 10.4. The maximum atomic E-state index is 12.4. The molecule has 0 aliphatic heterocycles. The summed E-state index contributed by atoms with van der Waals surface area (Å²) in [6, 6.07) is 5.78. The highest BCUT2D eigenvalue weighted by Crippen LogP contribution is 2.28. The number of aromatic nitrogens is 1. The number of carboxylic acid groups (broad SMARTS) is 1. The van der Waals surface area contributed by atoms with Gasteiger partial charge in [0.15, 0.2) is 11.3 Å². The number of rotatable bonds is 2. The monoisotopic (exact) mass is 271 g/mol. The molecule has 0 amide bonds. The van der Waals surface area contributed by atoms with E-state index in [1.807, 2.05) is 0 Å². The van der Waals surface area contributed by atoms with Gasteiger partial charge in [-0.25, -0.2) is 9.78 Å². The van der Waals surface area contributed by atoms with Crippen molar-refractivity contribution >= 4 is 28.0 Å². The van der Waals surface area contributed by atoms with Crippen molar-refractivity contribution < 1.29 is 19.1 Å². The lowest BCUT2D eigenvalue weighted by molar-refractivity contribution is 0.0696. The van der Waals surface area contributed by atoms with Crippen molar-refractivity contribution in [3.63, 3.8) is 0 Å². The van der Waals surface area contributed by atoms with Crippen LogP contribution in [0.2, 0.25) is 0 Å². The second-order valence-corrected chi connectivity index (χ2v) is 4.15. The summed E-state index contributed by atoms with van der Waals surface area (Å²) in [6.07, 6.45) is 1.51. The molecular weight excluding hydrogens is 262 g/mol. The first-order chi connectivity index (χ1) is 9.61. The van der Waals surface area contributed by atoms with Crippen LogP contribution in [0.3, 0.4) is 0 Å². The first-order valence-electron chi connectivity index (χ1n) is 5.74. The van der Waals surface area contributed by atoms with Crippen LogP contribution in [-0.2, 0) is 0 Å². The molecule has 1 aromatic carbocycles. The summed E-state index contributed by atoms with van der Waals surface area (Å²) >= 11 is 0. The molecule has 0 spiro atoms. The van der Waals surface area contributed by atoms with Crippen molar-refractivity contribution in [2.45, 2.75) is 0 Å². The van der Waals surface area contributed by atoms with Crippen molar-refractivity contribution in [3.8, 4) is 5.75 Å². The summed E-state index contributed by atoms with van der Waals surface area (Å²) < 4.78 is 10.7. The van der Waals surface area contributed by atoms with E-state index in [1.54, 1.807) is 12.1 Å². The predicted octanol–water partition coefficient (Wildman–Crippen LogP) is 2.05. The Hall–Kier alpha value is -2.89. The molecule has 0 unspecified atom stereocenters. The van der Waals surface area contributed by atoms with Gasteiger partial charge in [-0.1, -0.05) is 0 Å². The largest absolute Gasteiger partial charge is 0.493 e. The van der Waals surface area contributed by atoms with E-state index in [-0.39, 0.29) is 33.4 Å². The average Bonchev–Trinajstić information content (AvgIpc) is 2.46. The topological polar surface area (TPSA) is 89.6 Å². The average molecular weight is 271 g/mol. The van der Waals surface area contributed by atoms with Gasteiger partial charge in [-0.15, -0.1) is 0 Å². The highest BCUT2D eigenvalue weighted by atomic mass is 16.5. The molecular formula is C14H9NO5. The van der Waals surface area contributed by atoms with E-state index in [0.717, 1.165) is 0 Å². The van der Waals surface area contributed by atoms with Crippen molar-refractivity contribution in [1.82, 2.24) is 4.98 Å². The number of aromatic carboxylic acids is 1. The Morgan fingerprint density at radius 1 is 1.35 bits per heavy atom. The molecule has 0 atom stereocenters. The van der Waals surface area contributed by atoms with Gasteiger partial charge in [0.1, 0.15) is 0 Å². The Kier molecular flexibility index (Phi) is 2.64. The highest BCUT2D eigenvalue weighted by molar-refractivity contribution is 5.98. The summed E-state index contributed by atoms with van der Waals surface area (Å²) in [5.74, 6) is -0.958. The molecule has 0 saturated carbocycles. The molecule has 0 aliphatic rings. The Bertz CT molecular complexity index is 897. The minimum absolute atomic E-state index is 0.0371. The second kappa shape index (κ2) is 4.34. The van der Waals surface area contributed by atoms with Crippen LogP contribution in [0, 0.1) is 0 Å². The maximum absolute atomic E-state index is 12.4. The molecule has 0 fully saturated rings. The molecule has 2 heterocycles. The number of benzene rings is 1. The number of carboxylic acids is 1. The van der Waals surface area contributed by atoms with Crippen LogP contribution in [0.25, 0.3) is 22.1 Å². The van der Waals surface area contributed by atoms with Gasteiger partial charge >= 0.3 is 5.97 Å². The van der Waals surface area contributed by atoms with E-state index >= 15 is 0 Å². The van der Waals surface area contributed by atoms with Crippen LogP contribution in [0.15, 0.2) is 39.7 Å². The molecule has 0 saturated heterocycles. The fourth-order valence-electron chi connectivity index (χ4n) is 2.04. The third-order valence-electron chi connectivity index (χ3n) is 2.98. The van der Waals surface area contributed by atoms with Crippen molar-refractivity contribution in [2.75, 3.05) is 7.11 Å². The quantitative estimate of drug-likeness (QED) is 0.717. The van der Waals surface area contributed by atoms with E-state index in [4.69, 9.17) is 14.3 Å². The number of pyridine rings is 1. The highest BCUT2D eigenvalue weighted by Gasteiger charge is 2.16. The van der Waals surface area contributed by atoms with Gasteiger partial charge in [0.05, 0.1) is 23.4 Å². The van der Waals surface area contributed by atoms with Gasteiger partial charge in [-0.2, -0.15) is 0 Å². The van der Waals surface area contributed by atoms with Gasteiger partial charge < -0.3 is 14.3 Å². The Morgan fingerprint density at radius 2 is 2.15 bits per heavy atom. The summed E-state index contributed by atoms with van der Waals surface area (Å²) in [5.41, 5.74) is 0.000662. The van der Waals surface area contributed by atoms with Crippen molar-refractivity contribution in [1.29, 1.82) is 0 Å². The third kappa shape index (κ3) is 1.70. The number of carbonyl (C=O) groups is 1. The number of hydrogen-bond acceptors (Lipinski definition) is 5. The van der Waals surface area contributed by atoms with E-state index in [2.05, 4.69) is 4.98 Å². The second-order valence-electron chi connectivity index (χ2n) is 4.15. The molecule has 100 valence electrons. The molecule has 2 aromatic heterocycles. The Balaban J connectivity index is 2.54. The standard InChI is InChI=1S/C14H9NO5/c1-19-10-6-7(14(17)18)5-9-11(16)8-3-2-4-15-13(8)20-12(9)10/h2-6H,1H3,(H,17,18). The van der Waals surface area contributed by atoms with Gasteiger partial charge in [-0.05, 0) is 24.3 Å². The Labute approximate surface area is 112 Å². The van der Waals surface area contributed by atoms with Crippen LogP contribution in [0.4, 0.5) is 0 Å². The van der Waals surface area contributed by atoms with Gasteiger partial charge in [-0.3, -0.25) is 4.79 Å². The lowest BCUT2D eigenvalue weighted by atomic mass is 10.1. The van der Waals surface area contributed by atoms with E-state index in [9.17, 15) is 9.59 Å². The molecule has 3 rings (SSSR count). The molecule has 0 radical (unpaired) electrons. The molecule has 3 aromatic rings. The lowest BCUT2D eigenvalue weighted by Crippen LogP contribution is -2.06. The van der Waals surface area contributed by atoms with Crippen LogP contribution < -0.4 is 10.2 Å². The fraction of sp³-hybridized carbons (Fsp3) is 0.0714. The SMILES string of the molecule is COc1cc(C(=O)O)cc2c(=O)c3cccnc3oc12. The molecule has 20 heavy (non-hydrogen) atoms. The number of nitrogens with zero attached hydrogens (tertiary/aromatic N) is 1. The van der Waals surface area contributed by atoms with Gasteiger partial charge in [0.2, 0.25) is 11.1 Å². The number of ether oxygens (including phenoxy) is 1. The molecule has 0 aliphatic carbocycles. The number of methoxy groups -OCH3 is 1. The van der Waals surface area contributed by atoms with E-state index in [0.29, 0.717) is 5.39 Å². The maximum Gasteiger partial charge on any atom is 0.335 e. The van der Waals surface area contributed by atoms with Crippen LogP contribution in [0.1, 0.15) is 10.4 Å². The van der Waals surface area contributed by atoms with E-state index in [1.165, 1.54) is 25.4 Å². The van der Waals surface area contributed by atoms with Crippen LogP contribution in [-0.4, -0.2) is 23.2 Å². The summed E-state index contributed by atoms with van der Waals surface area (Å²) in [7, 11) is 1.38. The van der Waals surface area contributed by atoms with Crippen molar-refractivity contribution in [3.05, 3.63) is 46.2 Å². The zero-order valence-corrected chi connectivity index (χ0v) is 10.4. The zero-order chi connectivity index (χ0) is 14.3. The predicted molar refractivity (Wildman–Crippen MR) is 71.3 cm³/mol. The molecule has 1 N–H and O–H groups in total. The summed E-state index contributed by atoms with van der Waals surface area (Å²) in [6.45, 7) is 0. The Morgan fingerprint density at radius 3 is 2.85 bits per heavy atom. The normalized spacial score (nSPS) is 10.8. The van der Waals surface area contributed by atoms with Crippen molar-refractivity contribution in [2.24, 2.45) is 0 Å². The molecule has 6 nitrogen and oxygen atoms in total. The van der Waals surface area contributed by atoms with Crippen LogP contribution in [0.5, 0.6) is 5.75 Å². The summed E-state index contributed by atoms with van der Waals surface area (Å²) in [4.78, 5) is 27.5. The third-order valence-corrected chi connectivity index (χ3v) is 2.98. The minimum Gasteiger partial charge on any atom is -0.493 e. The fourth-order valence-corrected chi connectivity index (χ4v) is 2.04. The number of hydrogen-bond donors (Lipinski definition) is 1. The summed E-state index contributed by atoms with van der Waals surface area (Å²) in [5, 5.41) is 9.52. The first kappa shape index (κ1) is 12.2. The first-order valence-corrected chi connectivity index (χ1v) is 5.74. The molecule has 0 bridgehead atoms. The molecule has 6 heteroatoms. The smallest absolute Gasteiger partial charge is 0.335 e. The number of fused-ring (bicyclic) bond motifs is 2. The minimum atomic E-state index is -1.14. The van der Waals surface area contributed by atoms with E-state index < -0.39 is 5.97 Å². The lowest BCUT2D eigenvalue weighted by Gasteiger charge is -2.06. The van der Waals surface area contributed by atoms with Gasteiger partial charge in [0, 0.05) is 6.20 Å².